The molecule has 20 heavy (non-hydrogen) atoms. The molecule has 2 aliphatic rings. The summed E-state index contributed by atoms with van der Waals surface area (Å²) in [6.45, 7) is 2.49. The Morgan fingerprint density at radius 2 is 2.40 bits per heavy atom. The van der Waals surface area contributed by atoms with Gasteiger partial charge in [0.1, 0.15) is 5.76 Å². The highest BCUT2D eigenvalue weighted by molar-refractivity contribution is 5.00. The van der Waals surface area contributed by atoms with E-state index in [1.54, 1.807) is 6.26 Å². The lowest BCUT2D eigenvalue weighted by Crippen LogP contribution is -2.46. The summed E-state index contributed by atoms with van der Waals surface area (Å²) in [4.78, 5) is 0. The van der Waals surface area contributed by atoms with Crippen molar-refractivity contribution >= 4 is 0 Å². The number of hydrogen-bond acceptors (Lipinski definition) is 4. The van der Waals surface area contributed by atoms with Crippen LogP contribution in [-0.4, -0.2) is 38.5 Å². The second-order valence-corrected chi connectivity index (χ2v) is 6.10. The smallest absolute Gasteiger partial charge is 0.103 e. The molecule has 0 aromatic carbocycles. The van der Waals surface area contributed by atoms with Crippen LogP contribution in [-0.2, 0) is 15.9 Å². The second kappa shape index (κ2) is 6.29. The largest absolute Gasteiger partial charge is 0.469 e. The van der Waals surface area contributed by atoms with Crippen molar-refractivity contribution in [1.29, 1.82) is 0 Å². The second-order valence-electron chi connectivity index (χ2n) is 6.10. The Morgan fingerprint density at radius 1 is 1.45 bits per heavy atom. The molecule has 1 N–H and O–H groups in total. The van der Waals surface area contributed by atoms with E-state index in [4.69, 9.17) is 13.9 Å². The number of furan rings is 1. The number of rotatable bonds is 5. The molecule has 112 valence electrons. The van der Waals surface area contributed by atoms with E-state index in [1.165, 1.54) is 0 Å². The van der Waals surface area contributed by atoms with E-state index in [0.29, 0.717) is 12.0 Å². The van der Waals surface area contributed by atoms with Gasteiger partial charge >= 0.3 is 0 Å². The Kier molecular flexibility index (Phi) is 4.44. The van der Waals surface area contributed by atoms with Crippen LogP contribution in [0, 0.1) is 5.92 Å². The van der Waals surface area contributed by atoms with Crippen LogP contribution in [0.3, 0.4) is 0 Å². The first-order chi connectivity index (χ1) is 9.81. The first-order valence-corrected chi connectivity index (χ1v) is 7.73. The molecule has 2 aliphatic heterocycles. The molecule has 4 heteroatoms. The van der Waals surface area contributed by atoms with E-state index < -0.39 is 0 Å². The van der Waals surface area contributed by atoms with Gasteiger partial charge in [0.15, 0.2) is 0 Å². The van der Waals surface area contributed by atoms with E-state index in [1.807, 2.05) is 6.07 Å². The van der Waals surface area contributed by atoms with Gasteiger partial charge in [-0.15, -0.1) is 0 Å². The first kappa shape index (κ1) is 14.1. The molecular formula is C16H25NO3. The zero-order valence-electron chi connectivity index (χ0n) is 12.3. The van der Waals surface area contributed by atoms with E-state index in [0.717, 1.165) is 57.7 Å². The van der Waals surface area contributed by atoms with Crippen LogP contribution in [0.4, 0.5) is 0 Å². The van der Waals surface area contributed by atoms with Crippen molar-refractivity contribution in [3.63, 3.8) is 0 Å². The summed E-state index contributed by atoms with van der Waals surface area (Å²) >= 11 is 0. The molecule has 1 spiro atoms. The first-order valence-electron chi connectivity index (χ1n) is 7.73. The van der Waals surface area contributed by atoms with Gasteiger partial charge < -0.3 is 19.2 Å². The molecular weight excluding hydrogens is 254 g/mol. The lowest BCUT2D eigenvalue weighted by Gasteiger charge is -2.40. The van der Waals surface area contributed by atoms with Crippen LogP contribution in [0.5, 0.6) is 0 Å². The molecule has 1 aromatic rings. The van der Waals surface area contributed by atoms with E-state index in [9.17, 15) is 0 Å². The average Bonchev–Trinajstić information content (AvgIpc) is 3.12. The maximum atomic E-state index is 6.03. The summed E-state index contributed by atoms with van der Waals surface area (Å²) in [5, 5.41) is 3.50. The standard InChI is InChI=1S/C16H25NO3/c1-17-15(5-4-14-3-2-8-19-14)13-6-9-20-16(11-13)7-10-18-12-16/h2-3,8,13,15,17H,4-7,9-12H2,1H3. The van der Waals surface area contributed by atoms with Crippen molar-refractivity contribution in [2.75, 3.05) is 26.9 Å². The molecule has 3 rings (SSSR count). The topological polar surface area (TPSA) is 43.6 Å². The lowest BCUT2D eigenvalue weighted by molar-refractivity contribution is -0.103. The molecule has 4 nitrogen and oxygen atoms in total. The molecule has 0 aliphatic carbocycles. The van der Waals surface area contributed by atoms with Gasteiger partial charge in [-0.25, -0.2) is 0 Å². The Hall–Kier alpha value is -0.840. The summed E-state index contributed by atoms with van der Waals surface area (Å²) < 4.78 is 17.0. The number of nitrogens with one attached hydrogen (secondary N) is 1. The minimum atomic E-state index is 0.00268. The van der Waals surface area contributed by atoms with Crippen molar-refractivity contribution in [3.8, 4) is 0 Å². The van der Waals surface area contributed by atoms with E-state index >= 15 is 0 Å². The SMILES string of the molecule is CNC(CCc1ccco1)C1CCOC2(CCOC2)C1. The fourth-order valence-electron chi connectivity index (χ4n) is 3.64. The molecule has 2 fully saturated rings. The molecule has 3 atom stereocenters. The number of aryl methyl sites for hydroxylation is 1. The molecule has 3 unspecified atom stereocenters. The maximum Gasteiger partial charge on any atom is 0.103 e. The summed E-state index contributed by atoms with van der Waals surface area (Å²) in [7, 11) is 2.07. The van der Waals surface area contributed by atoms with Gasteiger partial charge in [-0.2, -0.15) is 0 Å². The van der Waals surface area contributed by atoms with Crippen molar-refractivity contribution in [1.82, 2.24) is 5.32 Å². The van der Waals surface area contributed by atoms with Gasteiger partial charge in [0, 0.05) is 32.1 Å². The van der Waals surface area contributed by atoms with Crippen LogP contribution < -0.4 is 5.32 Å². The van der Waals surface area contributed by atoms with Gasteiger partial charge in [-0.3, -0.25) is 0 Å². The van der Waals surface area contributed by atoms with Crippen LogP contribution >= 0.6 is 0 Å². The minimum absolute atomic E-state index is 0.00268. The Balaban J connectivity index is 1.57. The summed E-state index contributed by atoms with van der Waals surface area (Å²) in [6.07, 6.45) is 7.19. The lowest BCUT2D eigenvalue weighted by atomic mass is 9.80. The average molecular weight is 279 g/mol. The monoisotopic (exact) mass is 279 g/mol. The van der Waals surface area contributed by atoms with Gasteiger partial charge in [0.25, 0.3) is 0 Å². The van der Waals surface area contributed by atoms with Gasteiger partial charge in [-0.05, 0) is 44.4 Å². The highest BCUT2D eigenvalue weighted by atomic mass is 16.6. The molecule has 1 aromatic heterocycles. The van der Waals surface area contributed by atoms with Crippen molar-refractivity contribution in [3.05, 3.63) is 24.2 Å². The Labute approximate surface area is 120 Å². The van der Waals surface area contributed by atoms with Gasteiger partial charge in [0.05, 0.1) is 18.5 Å². The van der Waals surface area contributed by atoms with Crippen molar-refractivity contribution < 1.29 is 13.9 Å². The third kappa shape index (κ3) is 3.08. The Morgan fingerprint density at radius 3 is 3.10 bits per heavy atom. The zero-order valence-corrected chi connectivity index (χ0v) is 12.3. The molecule has 2 saturated heterocycles. The number of hydrogen-bond donors (Lipinski definition) is 1. The summed E-state index contributed by atoms with van der Waals surface area (Å²) in [5.41, 5.74) is 0.00268. The fourth-order valence-corrected chi connectivity index (χ4v) is 3.64. The van der Waals surface area contributed by atoms with E-state index in [2.05, 4.69) is 18.4 Å². The van der Waals surface area contributed by atoms with Crippen molar-refractivity contribution in [2.24, 2.45) is 5.92 Å². The van der Waals surface area contributed by atoms with Crippen molar-refractivity contribution in [2.45, 2.75) is 43.7 Å². The predicted molar refractivity (Wildman–Crippen MR) is 76.7 cm³/mol. The molecule has 0 saturated carbocycles. The predicted octanol–water partition coefficient (Wildman–Crippen LogP) is 2.39. The fraction of sp³-hybridized carbons (Fsp3) is 0.750. The van der Waals surface area contributed by atoms with Crippen LogP contribution in [0.15, 0.2) is 22.8 Å². The van der Waals surface area contributed by atoms with Gasteiger partial charge in [-0.1, -0.05) is 0 Å². The van der Waals surface area contributed by atoms with E-state index in [-0.39, 0.29) is 5.60 Å². The zero-order chi connectivity index (χ0) is 13.8. The molecule has 3 heterocycles. The quantitative estimate of drug-likeness (QED) is 0.899. The third-order valence-corrected chi connectivity index (χ3v) is 4.82. The molecule has 0 radical (unpaired) electrons. The number of ether oxygens (including phenoxy) is 2. The molecule has 0 amide bonds. The Bertz CT molecular complexity index is 398. The minimum Gasteiger partial charge on any atom is -0.469 e. The van der Waals surface area contributed by atoms with Gasteiger partial charge in [0.2, 0.25) is 0 Å². The highest BCUT2D eigenvalue weighted by Gasteiger charge is 2.42. The maximum absolute atomic E-state index is 6.03. The normalized spacial score (nSPS) is 31.8. The van der Waals surface area contributed by atoms with Crippen LogP contribution in [0.2, 0.25) is 0 Å². The summed E-state index contributed by atoms with van der Waals surface area (Å²) in [6, 6.07) is 4.55. The van der Waals surface area contributed by atoms with Crippen LogP contribution in [0.25, 0.3) is 0 Å². The van der Waals surface area contributed by atoms with Crippen LogP contribution in [0.1, 0.15) is 31.4 Å². The highest BCUT2D eigenvalue weighted by Crippen LogP contribution is 2.37. The third-order valence-electron chi connectivity index (χ3n) is 4.82. The molecule has 0 bridgehead atoms. The summed E-state index contributed by atoms with van der Waals surface area (Å²) in [5.74, 6) is 1.75.